The number of aryl methyl sites for hydroxylation is 2. The summed E-state index contributed by atoms with van der Waals surface area (Å²) < 4.78 is 11.6. The van der Waals surface area contributed by atoms with E-state index in [4.69, 9.17) is 14.9 Å². The first-order chi connectivity index (χ1) is 14.9. The average molecular weight is 415 g/mol. The lowest BCUT2D eigenvalue weighted by molar-refractivity contribution is 0.0527. The van der Waals surface area contributed by atoms with E-state index in [1.165, 1.54) is 0 Å². The summed E-state index contributed by atoms with van der Waals surface area (Å²) in [6.45, 7) is 8.81. The maximum Gasteiger partial charge on any atom is 0.338 e. The van der Waals surface area contributed by atoms with Crippen LogP contribution in [0, 0.1) is 13.8 Å². The molecule has 1 aliphatic heterocycles. The second-order valence-electron chi connectivity index (χ2n) is 7.56. The SMILES string of the molecule is CCN=c1cc2oc3cc(N)c(C)cc3c(-c3ccccc3C(=O)OCC)c-2cc1C. The van der Waals surface area contributed by atoms with E-state index in [0.717, 1.165) is 38.6 Å². The lowest BCUT2D eigenvalue weighted by Gasteiger charge is -2.19. The van der Waals surface area contributed by atoms with Crippen LogP contribution in [0.4, 0.5) is 5.69 Å². The van der Waals surface area contributed by atoms with E-state index in [2.05, 4.69) is 11.1 Å². The highest BCUT2D eigenvalue weighted by Crippen LogP contribution is 2.42. The average Bonchev–Trinajstić information content (AvgIpc) is 2.75. The maximum absolute atomic E-state index is 12.8. The molecule has 5 heteroatoms. The molecule has 2 aliphatic rings. The molecule has 0 fully saturated rings. The lowest BCUT2D eigenvalue weighted by Crippen LogP contribution is -2.10. The molecule has 0 aromatic heterocycles. The lowest BCUT2D eigenvalue weighted by atomic mass is 9.89. The van der Waals surface area contributed by atoms with E-state index in [0.29, 0.717) is 35.7 Å². The highest BCUT2D eigenvalue weighted by Gasteiger charge is 2.23. The van der Waals surface area contributed by atoms with Gasteiger partial charge in [0.2, 0.25) is 0 Å². The van der Waals surface area contributed by atoms with Crippen molar-refractivity contribution in [3.8, 4) is 22.5 Å². The van der Waals surface area contributed by atoms with Crippen molar-refractivity contribution in [2.75, 3.05) is 18.9 Å². The quantitative estimate of drug-likeness (QED) is 0.272. The van der Waals surface area contributed by atoms with Gasteiger partial charge in [-0.2, -0.15) is 0 Å². The van der Waals surface area contributed by atoms with Crippen molar-refractivity contribution in [2.45, 2.75) is 27.7 Å². The summed E-state index contributed by atoms with van der Waals surface area (Å²) in [5.74, 6) is 0.351. The molecular formula is C26H26N2O3. The van der Waals surface area contributed by atoms with Gasteiger partial charge in [-0.3, -0.25) is 4.99 Å². The number of nitrogen functional groups attached to an aromatic ring is 1. The number of fused-ring (bicyclic) bond motifs is 2. The van der Waals surface area contributed by atoms with Crippen LogP contribution < -0.4 is 11.1 Å². The third kappa shape index (κ3) is 3.67. The molecule has 4 rings (SSSR count). The molecule has 0 spiro atoms. The van der Waals surface area contributed by atoms with E-state index in [9.17, 15) is 4.79 Å². The van der Waals surface area contributed by atoms with Gasteiger partial charge in [0.1, 0.15) is 11.3 Å². The topological polar surface area (TPSA) is 77.8 Å². The molecule has 0 saturated carbocycles. The van der Waals surface area contributed by atoms with E-state index < -0.39 is 0 Å². The zero-order chi connectivity index (χ0) is 22.1. The number of benzene rings is 3. The number of anilines is 1. The van der Waals surface area contributed by atoms with E-state index in [1.807, 2.05) is 57.2 Å². The zero-order valence-electron chi connectivity index (χ0n) is 18.3. The first kappa shape index (κ1) is 20.7. The summed E-state index contributed by atoms with van der Waals surface area (Å²) in [5, 5.41) is 1.79. The summed E-state index contributed by atoms with van der Waals surface area (Å²) in [4.78, 5) is 17.3. The number of rotatable bonds is 4. The Balaban J connectivity index is 2.17. The highest BCUT2D eigenvalue weighted by molar-refractivity contribution is 6.08. The summed E-state index contributed by atoms with van der Waals surface area (Å²) in [7, 11) is 0. The predicted molar refractivity (Wildman–Crippen MR) is 124 cm³/mol. The zero-order valence-corrected chi connectivity index (χ0v) is 18.3. The number of ether oxygens (including phenoxy) is 1. The normalized spacial score (nSPS) is 11.9. The van der Waals surface area contributed by atoms with Crippen LogP contribution in [0.15, 0.2) is 57.9 Å². The summed E-state index contributed by atoms with van der Waals surface area (Å²) >= 11 is 0. The first-order valence-electron chi connectivity index (χ1n) is 10.5. The molecular weight excluding hydrogens is 388 g/mol. The predicted octanol–water partition coefficient (Wildman–Crippen LogP) is 5.50. The number of esters is 1. The van der Waals surface area contributed by atoms with Gasteiger partial charge in [-0.1, -0.05) is 18.2 Å². The Morgan fingerprint density at radius 2 is 1.81 bits per heavy atom. The second-order valence-corrected chi connectivity index (χ2v) is 7.56. The Bertz CT molecular complexity index is 1330. The van der Waals surface area contributed by atoms with Crippen LogP contribution >= 0.6 is 0 Å². The molecule has 1 heterocycles. The van der Waals surface area contributed by atoms with Crippen molar-refractivity contribution < 1.29 is 13.9 Å². The van der Waals surface area contributed by atoms with E-state index in [1.54, 1.807) is 13.0 Å². The maximum atomic E-state index is 12.8. The van der Waals surface area contributed by atoms with Gasteiger partial charge in [0.25, 0.3) is 0 Å². The number of hydrogen-bond donors (Lipinski definition) is 1. The van der Waals surface area contributed by atoms with Crippen molar-refractivity contribution >= 4 is 22.6 Å². The molecule has 158 valence electrons. The molecule has 5 nitrogen and oxygen atoms in total. The molecule has 1 aliphatic carbocycles. The largest absolute Gasteiger partial charge is 0.462 e. The Kier molecular flexibility index (Phi) is 5.51. The van der Waals surface area contributed by atoms with Crippen molar-refractivity contribution in [2.24, 2.45) is 4.99 Å². The van der Waals surface area contributed by atoms with Gasteiger partial charge in [-0.25, -0.2) is 4.79 Å². The van der Waals surface area contributed by atoms with Crippen LogP contribution in [0.1, 0.15) is 35.3 Å². The number of carbonyl (C=O) groups excluding carboxylic acids is 1. The van der Waals surface area contributed by atoms with Gasteiger partial charge in [0.05, 0.1) is 17.5 Å². The highest BCUT2D eigenvalue weighted by atomic mass is 16.5. The third-order valence-electron chi connectivity index (χ3n) is 5.45. The van der Waals surface area contributed by atoms with Gasteiger partial charge in [-0.05, 0) is 62.6 Å². The molecule has 0 atom stereocenters. The van der Waals surface area contributed by atoms with Crippen LogP contribution in [-0.4, -0.2) is 19.1 Å². The van der Waals surface area contributed by atoms with Gasteiger partial charge in [-0.15, -0.1) is 0 Å². The summed E-state index contributed by atoms with van der Waals surface area (Å²) in [5.41, 5.74) is 12.7. The van der Waals surface area contributed by atoms with Gasteiger partial charge in [0.15, 0.2) is 0 Å². The molecule has 2 aromatic carbocycles. The van der Waals surface area contributed by atoms with E-state index >= 15 is 0 Å². The minimum absolute atomic E-state index is 0.315. The summed E-state index contributed by atoms with van der Waals surface area (Å²) in [6, 6.07) is 15.4. The van der Waals surface area contributed by atoms with Crippen molar-refractivity contribution in [1.29, 1.82) is 0 Å². The second kappa shape index (κ2) is 8.26. The molecule has 0 unspecified atom stereocenters. The molecule has 2 aromatic rings. The summed E-state index contributed by atoms with van der Waals surface area (Å²) in [6.07, 6.45) is 0. The Hall–Kier alpha value is -3.60. The molecule has 0 amide bonds. The Labute approximate surface area is 181 Å². The minimum atomic E-state index is -0.346. The third-order valence-corrected chi connectivity index (χ3v) is 5.45. The van der Waals surface area contributed by atoms with Crippen molar-refractivity contribution in [3.63, 3.8) is 0 Å². The molecule has 0 saturated heterocycles. The van der Waals surface area contributed by atoms with Crippen LogP contribution in [0.2, 0.25) is 0 Å². The standard InChI is InChI=1S/C26H26N2O3/c1-5-28-22-14-24-20(12-16(22)4)25(19-11-15(3)21(27)13-23(19)31-24)17-9-7-8-10-18(17)26(29)30-6-2/h7-14H,5-6,27H2,1-4H3. The molecule has 2 N–H and O–H groups in total. The number of carbonyl (C=O) groups is 1. The van der Waals surface area contributed by atoms with Crippen molar-refractivity contribution in [3.05, 3.63) is 70.6 Å². The monoisotopic (exact) mass is 414 g/mol. The van der Waals surface area contributed by atoms with Crippen molar-refractivity contribution in [1.82, 2.24) is 0 Å². The molecule has 0 bridgehead atoms. The fourth-order valence-electron chi connectivity index (χ4n) is 3.92. The van der Waals surface area contributed by atoms with Crippen LogP contribution in [0.3, 0.4) is 0 Å². The number of nitrogens with two attached hydrogens (primary N) is 1. The van der Waals surface area contributed by atoms with Gasteiger partial charge < -0.3 is 14.9 Å². The first-order valence-corrected chi connectivity index (χ1v) is 10.5. The van der Waals surface area contributed by atoms with Gasteiger partial charge >= 0.3 is 5.97 Å². The Morgan fingerprint density at radius 1 is 1.03 bits per heavy atom. The smallest absolute Gasteiger partial charge is 0.338 e. The van der Waals surface area contributed by atoms with Crippen LogP contribution in [-0.2, 0) is 4.74 Å². The van der Waals surface area contributed by atoms with Gasteiger partial charge in [0, 0.05) is 40.9 Å². The van der Waals surface area contributed by atoms with Crippen LogP contribution in [0.25, 0.3) is 33.4 Å². The van der Waals surface area contributed by atoms with Crippen LogP contribution in [0.5, 0.6) is 0 Å². The molecule has 31 heavy (non-hydrogen) atoms. The minimum Gasteiger partial charge on any atom is -0.462 e. The van der Waals surface area contributed by atoms with E-state index in [-0.39, 0.29) is 5.97 Å². The number of hydrogen-bond acceptors (Lipinski definition) is 5. The molecule has 0 radical (unpaired) electrons. The fourth-order valence-corrected chi connectivity index (χ4v) is 3.92. The number of nitrogens with zero attached hydrogens (tertiary/aromatic N) is 1. The fraction of sp³-hybridized carbons (Fsp3) is 0.231. The Morgan fingerprint density at radius 3 is 2.55 bits per heavy atom.